The number of piperazine rings is 1. The largest absolute Gasteiger partial charge is 0.336 e. The molecule has 146 valence electrons. The molecule has 1 fully saturated rings. The summed E-state index contributed by atoms with van der Waals surface area (Å²) in [6.07, 6.45) is 0.291. The summed E-state index contributed by atoms with van der Waals surface area (Å²) >= 11 is 0. The molecule has 3 rings (SSSR count). The molecule has 1 heterocycles. The monoisotopic (exact) mass is 385 g/mol. The van der Waals surface area contributed by atoms with E-state index < -0.39 is 10.7 Å². The van der Waals surface area contributed by atoms with Gasteiger partial charge in [-0.1, -0.05) is 12.1 Å². The van der Waals surface area contributed by atoms with Gasteiger partial charge in [0.25, 0.3) is 11.6 Å². The molecule has 0 unspecified atom stereocenters. The minimum atomic E-state index is -0.524. The zero-order chi connectivity index (χ0) is 20.1. The lowest BCUT2D eigenvalue weighted by Gasteiger charge is -2.34. The van der Waals surface area contributed by atoms with Crippen molar-refractivity contribution in [2.45, 2.75) is 6.42 Å². The van der Waals surface area contributed by atoms with E-state index in [-0.39, 0.29) is 22.9 Å². The van der Waals surface area contributed by atoms with Crippen molar-refractivity contribution in [3.8, 4) is 0 Å². The third-order valence-electron chi connectivity index (χ3n) is 4.82. The highest BCUT2D eigenvalue weighted by Crippen LogP contribution is 2.15. The number of carbonyl (C=O) groups excluding carboxylic acids is 2. The molecule has 0 bridgehead atoms. The van der Waals surface area contributed by atoms with Crippen LogP contribution in [0.25, 0.3) is 0 Å². The van der Waals surface area contributed by atoms with Gasteiger partial charge in [0.05, 0.1) is 10.5 Å². The SMILES string of the molecule is O=C(CCN1CCN(C(=O)c2ccccc2F)CC1)c1ccc([N+](=O)[O-])cc1. The standard InChI is InChI=1S/C20H20FN3O4/c21-18-4-2-1-3-17(18)20(26)23-13-11-22(12-14-23)10-9-19(25)15-5-7-16(8-6-15)24(27)28/h1-8H,9-14H2. The number of hydrogen-bond donors (Lipinski definition) is 0. The normalized spacial score (nSPS) is 14.7. The second kappa shape index (κ2) is 8.71. The Bertz CT molecular complexity index is 877. The predicted molar refractivity (Wildman–Crippen MR) is 101 cm³/mol. The topological polar surface area (TPSA) is 83.8 Å². The quantitative estimate of drug-likeness (QED) is 0.434. The van der Waals surface area contributed by atoms with E-state index >= 15 is 0 Å². The number of rotatable bonds is 6. The summed E-state index contributed by atoms with van der Waals surface area (Å²) in [5.74, 6) is -0.928. The van der Waals surface area contributed by atoms with Gasteiger partial charge < -0.3 is 4.90 Å². The molecule has 28 heavy (non-hydrogen) atoms. The van der Waals surface area contributed by atoms with Crippen molar-refractivity contribution in [1.82, 2.24) is 9.80 Å². The Morgan fingerprint density at radius 2 is 1.64 bits per heavy atom. The van der Waals surface area contributed by atoms with Crippen LogP contribution < -0.4 is 0 Å². The molecule has 8 heteroatoms. The number of nitrogens with zero attached hydrogens (tertiary/aromatic N) is 3. The highest BCUT2D eigenvalue weighted by Gasteiger charge is 2.24. The lowest BCUT2D eigenvalue weighted by molar-refractivity contribution is -0.384. The van der Waals surface area contributed by atoms with Crippen LogP contribution in [0.5, 0.6) is 0 Å². The van der Waals surface area contributed by atoms with Crippen molar-refractivity contribution in [3.63, 3.8) is 0 Å². The first-order valence-corrected chi connectivity index (χ1v) is 8.99. The molecule has 0 spiro atoms. The van der Waals surface area contributed by atoms with E-state index in [2.05, 4.69) is 4.90 Å². The molecule has 1 saturated heterocycles. The molecule has 0 atom stereocenters. The molecule has 1 aliphatic heterocycles. The molecule has 0 radical (unpaired) electrons. The van der Waals surface area contributed by atoms with Crippen LogP contribution in [-0.2, 0) is 0 Å². The molecule has 2 aromatic carbocycles. The van der Waals surface area contributed by atoms with Gasteiger partial charge in [-0.15, -0.1) is 0 Å². The average molecular weight is 385 g/mol. The minimum absolute atomic E-state index is 0.0489. The highest BCUT2D eigenvalue weighted by molar-refractivity contribution is 5.96. The van der Waals surface area contributed by atoms with Gasteiger partial charge in [0.2, 0.25) is 0 Å². The van der Waals surface area contributed by atoms with Gasteiger partial charge in [0.1, 0.15) is 5.82 Å². The maximum absolute atomic E-state index is 13.8. The molecule has 2 aromatic rings. The molecular weight excluding hydrogens is 365 g/mol. The fourth-order valence-corrected chi connectivity index (χ4v) is 3.15. The fraction of sp³-hybridized carbons (Fsp3) is 0.300. The number of ketones is 1. The van der Waals surface area contributed by atoms with E-state index in [1.165, 1.54) is 36.4 Å². The Morgan fingerprint density at radius 3 is 2.25 bits per heavy atom. The molecule has 1 aliphatic rings. The Hall–Kier alpha value is -3.13. The summed E-state index contributed by atoms with van der Waals surface area (Å²) in [6, 6.07) is 11.5. The minimum Gasteiger partial charge on any atom is -0.336 e. The first kappa shape index (κ1) is 19.6. The van der Waals surface area contributed by atoms with Gasteiger partial charge in [-0.25, -0.2) is 4.39 Å². The second-order valence-electron chi connectivity index (χ2n) is 6.59. The fourth-order valence-electron chi connectivity index (χ4n) is 3.15. The van der Waals surface area contributed by atoms with Gasteiger partial charge in [-0.05, 0) is 24.3 Å². The third-order valence-corrected chi connectivity index (χ3v) is 4.82. The number of nitro groups is 1. The van der Waals surface area contributed by atoms with Gasteiger partial charge in [0, 0.05) is 56.8 Å². The van der Waals surface area contributed by atoms with Crippen LogP contribution in [0, 0.1) is 15.9 Å². The zero-order valence-corrected chi connectivity index (χ0v) is 15.2. The van der Waals surface area contributed by atoms with Crippen LogP contribution in [-0.4, -0.2) is 59.1 Å². The van der Waals surface area contributed by atoms with Crippen LogP contribution >= 0.6 is 0 Å². The van der Waals surface area contributed by atoms with Crippen molar-refractivity contribution in [2.75, 3.05) is 32.7 Å². The van der Waals surface area contributed by atoms with Crippen LogP contribution in [0.4, 0.5) is 10.1 Å². The van der Waals surface area contributed by atoms with E-state index in [9.17, 15) is 24.1 Å². The van der Waals surface area contributed by atoms with E-state index in [1.807, 2.05) is 0 Å². The van der Waals surface area contributed by atoms with Crippen LogP contribution in [0.1, 0.15) is 27.1 Å². The van der Waals surface area contributed by atoms with Crippen LogP contribution in [0.2, 0.25) is 0 Å². The number of Topliss-reactive ketones (excluding diaryl/α,β-unsaturated/α-hetero) is 1. The maximum Gasteiger partial charge on any atom is 0.269 e. The summed E-state index contributed by atoms with van der Waals surface area (Å²) in [6.45, 7) is 2.69. The first-order chi connectivity index (χ1) is 13.5. The Kier molecular flexibility index (Phi) is 6.10. The zero-order valence-electron chi connectivity index (χ0n) is 15.2. The van der Waals surface area contributed by atoms with Crippen molar-refractivity contribution in [2.24, 2.45) is 0 Å². The second-order valence-corrected chi connectivity index (χ2v) is 6.59. The summed E-state index contributed by atoms with van der Waals surface area (Å²) in [5, 5.41) is 10.7. The van der Waals surface area contributed by atoms with Crippen LogP contribution in [0.15, 0.2) is 48.5 Å². The number of carbonyl (C=O) groups is 2. The Balaban J connectivity index is 1.48. The third kappa shape index (κ3) is 4.58. The van der Waals surface area contributed by atoms with Crippen molar-refractivity contribution >= 4 is 17.4 Å². The number of amides is 1. The van der Waals surface area contributed by atoms with Crippen LogP contribution in [0.3, 0.4) is 0 Å². The van der Waals surface area contributed by atoms with E-state index in [0.29, 0.717) is 44.7 Å². The van der Waals surface area contributed by atoms with Crippen molar-refractivity contribution in [1.29, 1.82) is 0 Å². The Labute approximate surface area is 161 Å². The summed E-state index contributed by atoms with van der Waals surface area (Å²) < 4.78 is 13.8. The summed E-state index contributed by atoms with van der Waals surface area (Å²) in [5.41, 5.74) is 0.468. The van der Waals surface area contributed by atoms with Gasteiger partial charge in [-0.3, -0.25) is 24.6 Å². The van der Waals surface area contributed by atoms with Gasteiger partial charge >= 0.3 is 0 Å². The number of non-ortho nitro benzene ring substituents is 1. The molecule has 1 amide bonds. The molecule has 0 saturated carbocycles. The number of halogens is 1. The molecule has 0 aromatic heterocycles. The predicted octanol–water partition coefficient (Wildman–Crippen LogP) is 2.76. The lowest BCUT2D eigenvalue weighted by Crippen LogP contribution is -2.49. The van der Waals surface area contributed by atoms with Gasteiger partial charge in [0.15, 0.2) is 5.78 Å². The molecule has 0 N–H and O–H groups in total. The smallest absolute Gasteiger partial charge is 0.269 e. The summed E-state index contributed by atoms with van der Waals surface area (Å²) in [4.78, 5) is 38.5. The maximum atomic E-state index is 13.8. The number of nitro benzene ring substituents is 1. The van der Waals surface area contributed by atoms with E-state index in [0.717, 1.165) is 0 Å². The molecular formula is C20H20FN3O4. The number of benzene rings is 2. The van der Waals surface area contributed by atoms with Crippen molar-refractivity contribution in [3.05, 3.63) is 75.6 Å². The highest BCUT2D eigenvalue weighted by atomic mass is 19.1. The molecule has 7 nitrogen and oxygen atoms in total. The molecule has 0 aliphatic carbocycles. The van der Waals surface area contributed by atoms with E-state index in [4.69, 9.17) is 0 Å². The lowest BCUT2D eigenvalue weighted by atomic mass is 10.1. The average Bonchev–Trinajstić information content (AvgIpc) is 2.72. The van der Waals surface area contributed by atoms with E-state index in [1.54, 1.807) is 17.0 Å². The first-order valence-electron chi connectivity index (χ1n) is 8.99. The van der Waals surface area contributed by atoms with Crippen molar-refractivity contribution < 1.29 is 18.9 Å². The number of hydrogen-bond acceptors (Lipinski definition) is 5. The Morgan fingerprint density at radius 1 is 1.00 bits per heavy atom. The summed E-state index contributed by atoms with van der Waals surface area (Å²) in [7, 11) is 0. The van der Waals surface area contributed by atoms with Gasteiger partial charge in [-0.2, -0.15) is 0 Å².